The van der Waals surface area contributed by atoms with E-state index in [1.807, 2.05) is 106 Å². The van der Waals surface area contributed by atoms with Crippen LogP contribution in [0.3, 0.4) is 0 Å². The van der Waals surface area contributed by atoms with Crippen molar-refractivity contribution in [2.24, 2.45) is 17.8 Å². The molecular formula is C56H75AlCl2O8. The largest absolute Gasteiger partial charge is 0.519 e. The van der Waals surface area contributed by atoms with Gasteiger partial charge in [-0.2, -0.15) is 9.59 Å². The van der Waals surface area contributed by atoms with Crippen LogP contribution in [0, 0.1) is 17.8 Å². The Kier molecular flexibility index (Phi) is 41.7. The van der Waals surface area contributed by atoms with Crippen molar-refractivity contribution in [1.29, 1.82) is 0 Å². The molecule has 0 heterocycles. The monoisotopic (exact) mass is 972 g/mol. The lowest BCUT2D eigenvalue weighted by molar-refractivity contribution is -0.191. The molecule has 8 nitrogen and oxygen atoms in total. The summed E-state index contributed by atoms with van der Waals surface area (Å²) in [6.45, 7) is 27.1. The average molecular weight is 974 g/mol. The van der Waals surface area contributed by atoms with Crippen molar-refractivity contribution < 1.29 is 38.2 Å². The molecule has 0 fully saturated rings. The second-order valence-electron chi connectivity index (χ2n) is 15.5. The van der Waals surface area contributed by atoms with Gasteiger partial charge in [-0.05, 0) is 92.5 Å². The highest BCUT2D eigenvalue weighted by atomic mass is 35.7. The number of rotatable bonds is 23. The fourth-order valence-electron chi connectivity index (χ4n) is 6.09. The van der Waals surface area contributed by atoms with E-state index in [1.54, 1.807) is 36.4 Å². The van der Waals surface area contributed by atoms with Gasteiger partial charge in [-0.1, -0.05) is 165 Å². The van der Waals surface area contributed by atoms with E-state index in [4.69, 9.17) is 39.2 Å². The molecule has 11 heteroatoms. The van der Waals surface area contributed by atoms with Crippen LogP contribution in [0.2, 0.25) is 5.28 Å². The van der Waals surface area contributed by atoms with Gasteiger partial charge in [0.25, 0.3) is 0 Å². The number of esters is 1. The second kappa shape index (κ2) is 43.6. The molecule has 3 atom stereocenters. The lowest BCUT2D eigenvalue weighted by Crippen LogP contribution is -2.14. The molecule has 0 spiro atoms. The third kappa shape index (κ3) is 34.0. The minimum Gasteiger partial charge on any atom is -0.493 e. The third-order valence-electron chi connectivity index (χ3n) is 9.51. The van der Waals surface area contributed by atoms with Gasteiger partial charge in [-0.25, -0.2) is 24.9 Å². The summed E-state index contributed by atoms with van der Waals surface area (Å²) in [7, 11) is 10.7. The normalized spacial score (nSPS) is 10.8. The minimum absolute atomic E-state index is 0.0193. The van der Waals surface area contributed by atoms with Crippen LogP contribution in [-0.4, -0.2) is 55.8 Å². The molecule has 0 saturated carbocycles. The van der Waals surface area contributed by atoms with Crippen LogP contribution in [0.1, 0.15) is 132 Å². The molecule has 4 aromatic rings. The van der Waals surface area contributed by atoms with Crippen molar-refractivity contribution in [1.82, 2.24) is 0 Å². The van der Waals surface area contributed by atoms with Gasteiger partial charge in [0.15, 0.2) is 11.6 Å². The van der Waals surface area contributed by atoms with E-state index < -0.39 is 12.3 Å². The fraction of sp³-hybridized carbons (Fsp3) is 0.393. The van der Waals surface area contributed by atoms with Gasteiger partial charge in [0.2, 0.25) is 0 Å². The summed E-state index contributed by atoms with van der Waals surface area (Å²) in [5, 5.41) is 0.975. The molecular weight excluding hydrogens is 898 g/mol. The summed E-state index contributed by atoms with van der Waals surface area (Å²) in [5.41, 5.74) is 2.76. The molecule has 0 radical (unpaired) electrons. The van der Waals surface area contributed by atoms with E-state index >= 15 is 0 Å². The Morgan fingerprint density at radius 3 is 1.45 bits per heavy atom. The van der Waals surface area contributed by atoms with Crippen molar-refractivity contribution in [2.75, 3.05) is 19.8 Å². The summed E-state index contributed by atoms with van der Waals surface area (Å²) >= 11 is -1.21. The first-order chi connectivity index (χ1) is 32.2. The van der Waals surface area contributed by atoms with Crippen molar-refractivity contribution in [2.45, 2.75) is 105 Å². The molecule has 0 bridgehead atoms. The number of benzene rings is 4. The molecule has 4 rings (SSSR count). The number of allylic oxidation sites excluding steroid dienone is 1. The lowest BCUT2D eigenvalue weighted by Gasteiger charge is -2.22. The highest BCUT2D eigenvalue weighted by molar-refractivity contribution is 7.33. The third-order valence-corrected chi connectivity index (χ3v) is 12.0. The van der Waals surface area contributed by atoms with Crippen molar-refractivity contribution in [3.8, 4) is 11.5 Å². The fourth-order valence-corrected chi connectivity index (χ4v) is 6.09. The van der Waals surface area contributed by atoms with E-state index in [2.05, 4.69) is 52.2 Å². The number of hydrogen-bond donors (Lipinski definition) is 0. The number of carbonyl (C=O) groups excluding carboxylic acids is 5. The Hall–Kier alpha value is -5.00. The number of carbonyl (C=O) groups is 3. The van der Waals surface area contributed by atoms with Crippen LogP contribution in [0.5, 0.6) is 11.5 Å². The van der Waals surface area contributed by atoms with Crippen LogP contribution in [0.4, 0.5) is 0 Å². The summed E-state index contributed by atoms with van der Waals surface area (Å²) in [4.78, 5) is 51.2. The highest BCUT2D eigenvalue weighted by Gasteiger charge is 2.15. The number of halogens is 2. The number of hydrogen-bond acceptors (Lipinski definition) is 8. The van der Waals surface area contributed by atoms with Crippen LogP contribution >= 0.6 is 20.1 Å². The van der Waals surface area contributed by atoms with Gasteiger partial charge in [-0.3, -0.25) is 9.59 Å². The molecule has 0 aliphatic carbocycles. The van der Waals surface area contributed by atoms with E-state index in [0.29, 0.717) is 41.4 Å². The van der Waals surface area contributed by atoms with Gasteiger partial charge in [0, 0.05) is 28.3 Å². The van der Waals surface area contributed by atoms with Crippen molar-refractivity contribution in [3.05, 3.63) is 169 Å². The predicted octanol–water partition coefficient (Wildman–Crippen LogP) is 15.1. The molecule has 0 amide bonds. The van der Waals surface area contributed by atoms with Gasteiger partial charge >= 0.3 is 24.4 Å². The average Bonchev–Trinajstić information content (AvgIpc) is 3.35. The number of ether oxygens (including phenoxy) is 3. The molecule has 3 unspecified atom stereocenters. The van der Waals surface area contributed by atoms with E-state index in [1.165, 1.54) is 44.6 Å². The van der Waals surface area contributed by atoms with Crippen LogP contribution < -0.4 is 9.47 Å². The molecule has 0 aromatic heterocycles. The minimum atomic E-state index is -1.21. The SMILES string of the molecule is C=CC.C=CC(=O)OCCCC.C=CCOc1ccc(C(=O)c2ccccc2)cc1.CCCCC(CC)CC(C)CC(C)COc1ccc(C(=O)c2ccccc2)cc1.C[CH2][Al]([Cl])[Cl].O=C=O. The number of unbranched alkanes of at least 4 members (excludes halogenated alkanes) is 2. The highest BCUT2D eigenvalue weighted by Crippen LogP contribution is 2.26. The Labute approximate surface area is 415 Å². The maximum Gasteiger partial charge on any atom is 0.519 e. The first-order valence-electron chi connectivity index (χ1n) is 23.1. The predicted molar refractivity (Wildman–Crippen MR) is 280 cm³/mol. The summed E-state index contributed by atoms with van der Waals surface area (Å²) in [6.07, 6.45) is 14.7. The summed E-state index contributed by atoms with van der Waals surface area (Å²) in [6, 6.07) is 33.3. The smallest absolute Gasteiger partial charge is 0.493 e. The molecule has 364 valence electrons. The number of ketones is 2. The second-order valence-corrected chi connectivity index (χ2v) is 20.9. The van der Waals surface area contributed by atoms with E-state index in [9.17, 15) is 14.4 Å². The first-order valence-corrected chi connectivity index (χ1v) is 27.5. The Bertz CT molecular complexity index is 1910. The van der Waals surface area contributed by atoms with Gasteiger partial charge in [0.1, 0.15) is 18.1 Å². The molecule has 4 aromatic carbocycles. The van der Waals surface area contributed by atoms with E-state index in [0.717, 1.165) is 48.1 Å². The maximum atomic E-state index is 12.5. The zero-order chi connectivity index (χ0) is 50.7. The van der Waals surface area contributed by atoms with Crippen LogP contribution in [-0.2, 0) is 19.1 Å². The van der Waals surface area contributed by atoms with Gasteiger partial charge in [-0.15, -0.1) is 6.58 Å². The summed E-state index contributed by atoms with van der Waals surface area (Å²) in [5.74, 6) is 3.44. The molecule has 67 heavy (non-hydrogen) atoms. The standard InChI is InChI=1S/C27H38O2.C16H14O2.C7H12O2.C3H6.C2H5.CO2.Al.2ClH/c1-5-7-11-23(6-2)19-21(3)18-22(4)20-29-26-16-14-25(15-17-26)27(28)24-12-9-8-10-13-24;1-2-12-18-15-10-8-14(9-11-15)16(17)13-6-4-3-5-7-13;1-3-5-6-9-7(8)4-2;1-3-2;1-2;2-1-3;;;/h8-10,12-17,21-23H,5-7,11,18-20H2,1-4H3;2-11H,1,12H2;4H,2-3,5-6H2,1H3;3H,1H2,2H3;1H2,2H3;;;2*1H/q;;;;;;+2;;/p-2. The topological polar surface area (TPSA) is 113 Å². The molecule has 0 N–H and O–H groups in total. The zero-order valence-corrected chi connectivity index (χ0v) is 43.7. The zero-order valence-electron chi connectivity index (χ0n) is 41.1. The van der Waals surface area contributed by atoms with Crippen LogP contribution in [0.25, 0.3) is 0 Å². The quantitative estimate of drug-likeness (QED) is 0.0180. The van der Waals surface area contributed by atoms with Crippen molar-refractivity contribution >= 4 is 56.1 Å². The maximum absolute atomic E-state index is 12.5. The van der Waals surface area contributed by atoms with Gasteiger partial charge in [0.05, 0.1) is 13.2 Å². The van der Waals surface area contributed by atoms with Crippen LogP contribution in [0.15, 0.2) is 147 Å². The lowest BCUT2D eigenvalue weighted by atomic mass is 9.85. The van der Waals surface area contributed by atoms with Gasteiger partial charge < -0.3 is 14.2 Å². The molecule has 0 saturated heterocycles. The summed E-state index contributed by atoms with van der Waals surface area (Å²) < 4.78 is 16.0. The van der Waals surface area contributed by atoms with Crippen molar-refractivity contribution in [3.63, 3.8) is 0 Å². The molecule has 0 aliphatic rings. The molecule has 0 aliphatic heterocycles. The Balaban J connectivity index is 0. The Morgan fingerprint density at radius 2 is 1.07 bits per heavy atom. The first kappa shape index (κ1) is 64.1. The Morgan fingerprint density at radius 1 is 0.657 bits per heavy atom. The van der Waals surface area contributed by atoms with E-state index in [-0.39, 0.29) is 23.7 Å².